The summed E-state index contributed by atoms with van der Waals surface area (Å²) in [5, 5.41) is 27.9. The third-order valence-electron chi connectivity index (χ3n) is 3.59. The summed E-state index contributed by atoms with van der Waals surface area (Å²) in [6.45, 7) is -0.249. The first kappa shape index (κ1) is 14.7. The molecule has 2 aliphatic heterocycles. The lowest BCUT2D eigenvalue weighted by Gasteiger charge is -2.34. The number of nitrogens with zero attached hydrogens (tertiary/aromatic N) is 2. The molecule has 0 saturated carbocycles. The summed E-state index contributed by atoms with van der Waals surface area (Å²) in [5.74, 6) is -1.16. The van der Waals surface area contributed by atoms with Gasteiger partial charge in [-0.3, -0.25) is 4.79 Å². The Morgan fingerprint density at radius 1 is 1.11 bits per heavy atom. The second-order valence-electron chi connectivity index (χ2n) is 4.92. The van der Waals surface area contributed by atoms with Gasteiger partial charge in [0.05, 0.1) is 12.2 Å². The summed E-state index contributed by atoms with van der Waals surface area (Å²) in [7, 11) is -3.96. The predicted octanol–water partition coefficient (Wildman–Crippen LogP) is -1.79. The maximum atomic E-state index is 12.4. The van der Waals surface area contributed by atoms with Gasteiger partial charge in [-0.15, -0.1) is 0 Å². The van der Waals surface area contributed by atoms with Crippen LogP contribution in [0.25, 0.3) is 0 Å². The van der Waals surface area contributed by atoms with Crippen LogP contribution in [0.5, 0.6) is 0 Å². The molecule has 2 fully saturated rings. The molecule has 2 rings (SSSR count). The first-order chi connectivity index (χ1) is 8.84. The highest BCUT2D eigenvalue weighted by Crippen LogP contribution is 2.25. The number of carboxylic acids is 1. The first-order valence-corrected chi connectivity index (χ1v) is 7.59. The van der Waals surface area contributed by atoms with Crippen LogP contribution in [0, 0.1) is 0 Å². The molecule has 0 aliphatic carbocycles. The topological polar surface area (TPSA) is 118 Å². The summed E-state index contributed by atoms with van der Waals surface area (Å²) in [5.41, 5.74) is 0. The molecule has 0 bridgehead atoms. The van der Waals surface area contributed by atoms with Crippen LogP contribution in [0.3, 0.4) is 0 Å². The van der Waals surface area contributed by atoms with Gasteiger partial charge >= 0.3 is 5.97 Å². The number of rotatable bonds is 3. The van der Waals surface area contributed by atoms with Gasteiger partial charge in [0.15, 0.2) is 0 Å². The summed E-state index contributed by atoms with van der Waals surface area (Å²) >= 11 is 0. The molecule has 3 unspecified atom stereocenters. The number of aliphatic hydroxyl groups is 2. The maximum Gasteiger partial charge on any atom is 0.322 e. The number of hydrogen-bond acceptors (Lipinski definition) is 5. The highest BCUT2D eigenvalue weighted by Gasteiger charge is 2.44. The van der Waals surface area contributed by atoms with E-state index in [0.29, 0.717) is 12.8 Å². The normalized spacial score (nSPS) is 34.5. The predicted molar refractivity (Wildman–Crippen MR) is 64.5 cm³/mol. The summed E-state index contributed by atoms with van der Waals surface area (Å²) in [6.07, 6.45) is -0.672. The molecule has 2 heterocycles. The van der Waals surface area contributed by atoms with E-state index >= 15 is 0 Å². The number of aliphatic hydroxyl groups excluding tert-OH is 2. The van der Waals surface area contributed by atoms with Gasteiger partial charge in [-0.2, -0.15) is 17.0 Å². The lowest BCUT2D eigenvalue weighted by atomic mass is 10.1. The van der Waals surface area contributed by atoms with Gasteiger partial charge in [-0.25, -0.2) is 0 Å². The van der Waals surface area contributed by atoms with Crippen LogP contribution in [0.15, 0.2) is 0 Å². The smallest absolute Gasteiger partial charge is 0.322 e. The Bertz CT molecular complexity index is 443. The van der Waals surface area contributed by atoms with Crippen LogP contribution >= 0.6 is 0 Å². The van der Waals surface area contributed by atoms with Crippen molar-refractivity contribution >= 4 is 16.2 Å². The van der Waals surface area contributed by atoms with Crippen molar-refractivity contribution in [1.82, 2.24) is 8.61 Å². The van der Waals surface area contributed by atoms with Gasteiger partial charge in [0.25, 0.3) is 10.2 Å². The van der Waals surface area contributed by atoms with Gasteiger partial charge in [0, 0.05) is 19.6 Å². The van der Waals surface area contributed by atoms with E-state index in [1.807, 2.05) is 0 Å². The minimum absolute atomic E-state index is 0.155. The molecule has 3 atom stereocenters. The van der Waals surface area contributed by atoms with Crippen LogP contribution in [0.2, 0.25) is 0 Å². The van der Waals surface area contributed by atoms with Crippen molar-refractivity contribution in [3.8, 4) is 0 Å². The van der Waals surface area contributed by atoms with E-state index in [9.17, 15) is 23.4 Å². The van der Waals surface area contributed by atoms with Crippen LogP contribution < -0.4 is 0 Å². The van der Waals surface area contributed by atoms with E-state index in [-0.39, 0.29) is 26.1 Å². The van der Waals surface area contributed by atoms with Crippen molar-refractivity contribution in [2.75, 3.05) is 19.6 Å². The zero-order chi connectivity index (χ0) is 14.2. The average molecular weight is 294 g/mol. The van der Waals surface area contributed by atoms with E-state index in [4.69, 9.17) is 5.11 Å². The third kappa shape index (κ3) is 2.75. The lowest BCUT2D eigenvalue weighted by Crippen LogP contribution is -2.53. The number of aliphatic carboxylic acids is 1. The van der Waals surface area contributed by atoms with Gasteiger partial charge < -0.3 is 15.3 Å². The highest BCUT2D eigenvalue weighted by molar-refractivity contribution is 7.86. The number of carbonyl (C=O) groups is 1. The Hall–Kier alpha value is -0.740. The summed E-state index contributed by atoms with van der Waals surface area (Å²) in [6, 6.07) is -1.06. The van der Waals surface area contributed by atoms with Gasteiger partial charge in [0.1, 0.15) is 6.04 Å². The van der Waals surface area contributed by atoms with Crippen LogP contribution in [0.4, 0.5) is 0 Å². The Morgan fingerprint density at radius 2 is 1.68 bits per heavy atom. The fourth-order valence-electron chi connectivity index (χ4n) is 2.50. The second-order valence-corrected chi connectivity index (χ2v) is 6.80. The molecule has 2 saturated heterocycles. The van der Waals surface area contributed by atoms with E-state index in [1.54, 1.807) is 0 Å². The first-order valence-electron chi connectivity index (χ1n) is 6.20. The summed E-state index contributed by atoms with van der Waals surface area (Å²) in [4.78, 5) is 11.1. The van der Waals surface area contributed by atoms with Crippen LogP contribution in [-0.4, -0.2) is 76.2 Å². The van der Waals surface area contributed by atoms with Crippen molar-refractivity contribution in [2.24, 2.45) is 0 Å². The zero-order valence-corrected chi connectivity index (χ0v) is 11.2. The van der Waals surface area contributed by atoms with Crippen molar-refractivity contribution in [3.05, 3.63) is 0 Å². The Morgan fingerprint density at radius 3 is 2.21 bits per heavy atom. The van der Waals surface area contributed by atoms with Gasteiger partial charge in [-0.05, 0) is 19.3 Å². The molecule has 3 N–H and O–H groups in total. The third-order valence-corrected chi connectivity index (χ3v) is 5.57. The molecular formula is C10H18N2O6S. The molecule has 0 aromatic carbocycles. The van der Waals surface area contributed by atoms with E-state index in [0.717, 1.165) is 8.61 Å². The minimum Gasteiger partial charge on any atom is -0.480 e. The second kappa shape index (κ2) is 5.33. The molecule has 2 aliphatic rings. The van der Waals surface area contributed by atoms with Crippen molar-refractivity contribution < 1.29 is 28.5 Å². The molecule has 0 aromatic rings. The molecular weight excluding hydrogens is 276 g/mol. The molecule has 0 radical (unpaired) electrons. The van der Waals surface area contributed by atoms with Crippen LogP contribution in [-0.2, 0) is 15.0 Å². The monoisotopic (exact) mass is 294 g/mol. The van der Waals surface area contributed by atoms with E-state index in [1.165, 1.54) is 0 Å². The molecule has 0 aromatic heterocycles. The quantitative estimate of drug-likeness (QED) is 0.565. The van der Waals surface area contributed by atoms with Crippen molar-refractivity contribution in [3.63, 3.8) is 0 Å². The fraction of sp³-hybridized carbons (Fsp3) is 0.900. The fourth-order valence-corrected chi connectivity index (χ4v) is 4.36. The Labute approximate surface area is 111 Å². The molecule has 8 nitrogen and oxygen atoms in total. The van der Waals surface area contributed by atoms with Crippen LogP contribution in [0.1, 0.15) is 19.3 Å². The van der Waals surface area contributed by atoms with Gasteiger partial charge in [-0.1, -0.05) is 0 Å². The number of piperidine rings is 1. The molecule has 110 valence electrons. The van der Waals surface area contributed by atoms with E-state index in [2.05, 4.69) is 0 Å². The van der Waals surface area contributed by atoms with Gasteiger partial charge in [0.2, 0.25) is 0 Å². The van der Waals surface area contributed by atoms with Crippen molar-refractivity contribution in [1.29, 1.82) is 0 Å². The lowest BCUT2D eigenvalue weighted by molar-refractivity contribution is -0.142. The Balaban J connectivity index is 2.20. The molecule has 0 spiro atoms. The minimum atomic E-state index is -3.96. The van der Waals surface area contributed by atoms with E-state index < -0.39 is 34.4 Å². The molecule has 0 amide bonds. The molecule has 19 heavy (non-hydrogen) atoms. The SMILES string of the molecule is O=C(O)C1CCCCN1S(=O)(=O)N1CC(O)C(O)C1. The van der Waals surface area contributed by atoms with Crippen molar-refractivity contribution in [2.45, 2.75) is 37.5 Å². The average Bonchev–Trinajstić information content (AvgIpc) is 2.70. The largest absolute Gasteiger partial charge is 0.480 e. The summed E-state index contributed by atoms with van der Waals surface area (Å²) < 4.78 is 26.6. The number of carboxylic acid groups (broad SMARTS) is 1. The highest BCUT2D eigenvalue weighted by atomic mass is 32.2. The molecule has 9 heteroatoms. The number of hydrogen-bond donors (Lipinski definition) is 3. The zero-order valence-electron chi connectivity index (χ0n) is 10.3. The Kier molecular flexibility index (Phi) is 4.11. The maximum absolute atomic E-state index is 12.4. The number of β-amino-alcohol motifs (C(OH)–C–C–N with tert-alkyl or cyclic N) is 2. The standard InChI is InChI=1S/C10H18N2O6S/c13-8-5-11(6-9(8)14)19(17,18)12-4-2-1-3-7(12)10(15)16/h7-9,13-14H,1-6H2,(H,15,16).